The summed E-state index contributed by atoms with van der Waals surface area (Å²) in [6.45, 7) is 29.9. The Bertz CT molecular complexity index is 4370. The molecule has 0 saturated carbocycles. The van der Waals surface area contributed by atoms with Crippen molar-refractivity contribution >= 4 is 76.6 Å². The van der Waals surface area contributed by atoms with Crippen molar-refractivity contribution in [2.75, 3.05) is 92.5 Å². The summed E-state index contributed by atoms with van der Waals surface area (Å²) >= 11 is 0. The van der Waals surface area contributed by atoms with Gasteiger partial charge in [-0.1, -0.05) is 268 Å². The third kappa shape index (κ3) is 35.7. The summed E-state index contributed by atoms with van der Waals surface area (Å²) in [5.41, 5.74) is 0.621. The minimum absolute atomic E-state index is 0.249. The van der Waals surface area contributed by atoms with Crippen LogP contribution in [0, 0.1) is 0 Å². The largest absolute Gasteiger partial charge is 0.490 e. The molecule has 0 fully saturated rings. The average molecular weight is 1820 g/mol. The monoisotopic (exact) mass is 1820 g/mol. The fraction of sp³-hybridized carbons (Fsp3) is 0.621. The van der Waals surface area contributed by atoms with Crippen molar-refractivity contribution in [3.05, 3.63) is 108 Å². The third-order valence-corrected chi connectivity index (χ3v) is 25.2. The molecule has 0 spiro atoms. The minimum atomic E-state index is -0.472. The predicted octanol–water partition coefficient (Wildman–Crippen LogP) is 33.8. The molecule has 0 aliphatic carbocycles. The average Bonchev–Trinajstić information content (AvgIpc) is 0.729. The zero-order valence-electron chi connectivity index (χ0n) is 83.6. The van der Waals surface area contributed by atoms with E-state index >= 15 is 0 Å². The molecule has 16 heteroatoms. The van der Waals surface area contributed by atoms with Gasteiger partial charge >= 0.3 is 11.9 Å². The first-order valence-electron chi connectivity index (χ1n) is 53.1. The molecule has 9 aromatic rings. The molecule has 0 radical (unpaired) electrons. The molecule has 730 valence electrons. The maximum atomic E-state index is 13.6. The molecule has 0 amide bonds. The lowest BCUT2D eigenvalue weighted by molar-refractivity contribution is 0.0495. The van der Waals surface area contributed by atoms with Crippen LogP contribution in [0.15, 0.2) is 97.1 Å². The fourth-order valence-corrected chi connectivity index (χ4v) is 17.2. The van der Waals surface area contributed by atoms with Gasteiger partial charge in [-0.2, -0.15) is 0 Å². The Labute approximate surface area is 795 Å². The molecule has 0 saturated heterocycles. The summed E-state index contributed by atoms with van der Waals surface area (Å²) in [6, 6.07) is 33.1. The molecule has 0 N–H and O–H groups in total. The fourth-order valence-electron chi connectivity index (χ4n) is 17.2. The minimum Gasteiger partial charge on any atom is -0.490 e. The van der Waals surface area contributed by atoms with Crippen molar-refractivity contribution in [1.82, 2.24) is 0 Å². The molecule has 0 aromatic heterocycles. The number of rotatable bonds is 78. The molecular formula is C116H170O16. The highest BCUT2D eigenvalue weighted by atomic mass is 16.6. The van der Waals surface area contributed by atoms with E-state index in [4.69, 9.17) is 66.3 Å². The second-order valence-electron chi connectivity index (χ2n) is 36.5. The summed E-state index contributed by atoms with van der Waals surface area (Å²) in [4.78, 5) is 27.2. The van der Waals surface area contributed by atoms with E-state index in [1.54, 1.807) is 24.3 Å². The number of benzene rings is 9. The lowest BCUT2D eigenvalue weighted by Gasteiger charge is -2.21. The van der Waals surface area contributed by atoms with Gasteiger partial charge in [0.1, 0.15) is 0 Å². The summed E-state index contributed by atoms with van der Waals surface area (Å²) in [7, 11) is 0. The van der Waals surface area contributed by atoms with Crippen molar-refractivity contribution in [2.45, 2.75) is 377 Å². The van der Waals surface area contributed by atoms with E-state index in [1.165, 1.54) is 51.4 Å². The first-order valence-corrected chi connectivity index (χ1v) is 53.1. The second kappa shape index (κ2) is 64.1. The van der Waals surface area contributed by atoms with E-state index in [-0.39, 0.29) is 13.2 Å². The third-order valence-electron chi connectivity index (χ3n) is 25.2. The van der Waals surface area contributed by atoms with Crippen molar-refractivity contribution in [1.29, 1.82) is 0 Å². The molecular weight excluding hydrogens is 1650 g/mol. The molecule has 9 rings (SSSR count). The van der Waals surface area contributed by atoms with Crippen LogP contribution < -0.4 is 56.8 Å². The first-order chi connectivity index (χ1) is 65.0. The highest BCUT2D eigenvalue weighted by Crippen LogP contribution is 2.51. The van der Waals surface area contributed by atoms with Crippen LogP contribution in [0.4, 0.5) is 0 Å². The van der Waals surface area contributed by atoms with Crippen molar-refractivity contribution in [3.63, 3.8) is 0 Å². The van der Waals surface area contributed by atoms with E-state index in [2.05, 4.69) is 142 Å². The van der Waals surface area contributed by atoms with Gasteiger partial charge in [0.2, 0.25) is 0 Å². The maximum Gasteiger partial charge on any atom is 0.338 e. The van der Waals surface area contributed by atoms with E-state index in [1.807, 2.05) is 0 Å². The van der Waals surface area contributed by atoms with Gasteiger partial charge in [-0.15, -0.1) is 0 Å². The summed E-state index contributed by atoms with van der Waals surface area (Å²) in [5, 5.41) is 12.6. The Morgan fingerprint density at radius 1 is 0.159 bits per heavy atom. The highest BCUT2D eigenvalue weighted by Gasteiger charge is 2.25. The molecule has 0 aliphatic rings. The summed E-state index contributed by atoms with van der Waals surface area (Å²) in [6.07, 6.45) is 50.3. The van der Waals surface area contributed by atoms with Crippen LogP contribution in [0.5, 0.6) is 69.0 Å². The molecule has 9 aromatic carbocycles. The number of carbonyl (C=O) groups excluding carboxylic acids is 2. The van der Waals surface area contributed by atoms with E-state index < -0.39 is 11.9 Å². The van der Waals surface area contributed by atoms with E-state index in [9.17, 15) is 9.59 Å². The van der Waals surface area contributed by atoms with Gasteiger partial charge in [0, 0.05) is 0 Å². The van der Waals surface area contributed by atoms with Crippen molar-refractivity contribution in [3.8, 4) is 69.0 Å². The Morgan fingerprint density at radius 2 is 0.280 bits per heavy atom. The molecule has 0 aliphatic heterocycles. The van der Waals surface area contributed by atoms with Gasteiger partial charge in [0.25, 0.3) is 0 Å². The van der Waals surface area contributed by atoms with Crippen LogP contribution in [0.1, 0.15) is 398 Å². The van der Waals surface area contributed by atoms with Crippen LogP contribution in [0.3, 0.4) is 0 Å². The Hall–Kier alpha value is -8.92. The van der Waals surface area contributed by atoms with Crippen LogP contribution >= 0.6 is 0 Å². The Kier molecular flexibility index (Phi) is 51.9. The van der Waals surface area contributed by atoms with Gasteiger partial charge in [-0.25, -0.2) is 9.59 Å². The number of unbranched alkanes of at least 4 members (excludes halogenated alkanes) is 36. The lowest BCUT2D eigenvalue weighted by atomic mass is 9.93. The molecule has 0 heterocycles. The van der Waals surface area contributed by atoms with Gasteiger partial charge in [0.05, 0.1) is 104 Å². The lowest BCUT2D eigenvalue weighted by Crippen LogP contribution is -2.10. The highest BCUT2D eigenvalue weighted by molar-refractivity contribution is 6.28. The maximum absolute atomic E-state index is 13.6. The van der Waals surface area contributed by atoms with Gasteiger partial charge in [-0.05, 0) is 271 Å². The SMILES string of the molecule is CCCCCCOc1cc2c3cc(OCCCCCC)c(OCCCCCC)cc3c3cc(OCCCCCCOC(=O)c4cccc(C(=O)OCCCCCCOc5cc6c7cc(OCCCCCC)c(OCCCCCC)cc7c7cc(OCCCCCC)c(OCCCCCC)cc7c6cc5OCCCCCC)c4)c(OCCCCCC)cc3c2cc1OCCCCCC. The second-order valence-corrected chi connectivity index (χ2v) is 36.5. The van der Waals surface area contributed by atoms with Crippen molar-refractivity contribution in [2.24, 2.45) is 0 Å². The molecule has 16 nitrogen and oxygen atoms in total. The Morgan fingerprint density at radius 3 is 0.409 bits per heavy atom. The van der Waals surface area contributed by atoms with Gasteiger partial charge in [-0.3, -0.25) is 0 Å². The number of fused-ring (bicyclic) bond motifs is 12. The smallest absolute Gasteiger partial charge is 0.338 e. The predicted molar refractivity (Wildman–Crippen MR) is 549 cm³/mol. The number of ether oxygens (including phenoxy) is 14. The molecule has 0 unspecified atom stereocenters. The Balaban J connectivity index is 0.845. The van der Waals surface area contributed by atoms with Gasteiger partial charge < -0.3 is 66.3 Å². The number of hydrogen-bond donors (Lipinski definition) is 0. The standard InChI is InChI=1S/C116H170O16/c1-11-21-31-45-62-119-103-77-91-93-79-105(121-64-47-33-23-13-3)109(125-68-51-37-27-17-7)83-97(93)101-87-113(111(127-70-53-39-29-19-9)85-99(101)95(91)81-107(103)123-66-49-35-25-15-5)129-72-55-41-43-57-74-131-115(117)89-60-59-61-90(76-89)116(118)132-75-58-44-42-56-73-130-114-88-102-98-84-110(126-69-52-38-28-18-8)106(122-65-48-34-24-14-4)80-94(98)92-78-104(120-63-46-32-22-12-2)108(124-67-50-36-26-16-6)82-96(92)100(102)86-112(114)128-71-54-40-30-20-10/h59-61,76-88H,11-58,62-75H2,1-10H3. The number of carbonyl (C=O) groups is 2. The van der Waals surface area contributed by atoms with E-state index in [0.717, 1.165) is 366 Å². The molecule has 0 bridgehead atoms. The molecule has 0 atom stereocenters. The van der Waals surface area contributed by atoms with Crippen LogP contribution in [0.2, 0.25) is 0 Å². The van der Waals surface area contributed by atoms with Gasteiger partial charge in [0.15, 0.2) is 69.0 Å². The van der Waals surface area contributed by atoms with Crippen LogP contribution in [-0.4, -0.2) is 104 Å². The molecule has 132 heavy (non-hydrogen) atoms. The zero-order chi connectivity index (χ0) is 93.2. The van der Waals surface area contributed by atoms with Crippen molar-refractivity contribution < 1.29 is 75.9 Å². The topological polar surface area (TPSA) is 163 Å². The number of hydrogen-bond acceptors (Lipinski definition) is 16. The zero-order valence-corrected chi connectivity index (χ0v) is 83.6. The summed E-state index contributed by atoms with van der Waals surface area (Å²) in [5.74, 6) is 7.98. The quantitative estimate of drug-likeness (QED) is 0.0201. The first kappa shape index (κ1) is 107. The van der Waals surface area contributed by atoms with E-state index in [0.29, 0.717) is 115 Å². The number of esters is 2. The van der Waals surface area contributed by atoms with Crippen LogP contribution in [-0.2, 0) is 9.47 Å². The summed E-state index contributed by atoms with van der Waals surface area (Å²) < 4.78 is 93.0. The normalized spacial score (nSPS) is 11.5. The van der Waals surface area contributed by atoms with Crippen LogP contribution in [0.25, 0.3) is 64.6 Å².